The topological polar surface area (TPSA) is 85.6 Å². The second kappa shape index (κ2) is 5.55. The van der Waals surface area contributed by atoms with E-state index >= 15 is 0 Å². The van der Waals surface area contributed by atoms with E-state index in [-0.39, 0.29) is 6.04 Å². The molecule has 0 spiro atoms. The molecule has 0 atom stereocenters. The molecule has 0 saturated carbocycles. The molecule has 1 aliphatic rings. The van der Waals surface area contributed by atoms with Crippen LogP contribution in [0.5, 0.6) is 0 Å². The summed E-state index contributed by atoms with van der Waals surface area (Å²) in [6.07, 6.45) is 3.61. The fourth-order valence-corrected chi connectivity index (χ4v) is 3.12. The lowest BCUT2D eigenvalue weighted by molar-refractivity contribution is 0.530. The van der Waals surface area contributed by atoms with Crippen LogP contribution in [0, 0.1) is 0 Å². The largest absolute Gasteiger partial charge is 0.288 e. The molecule has 1 aliphatic heterocycles. The lowest BCUT2D eigenvalue weighted by Gasteiger charge is -2.05. The molecule has 0 bridgehead atoms. The van der Waals surface area contributed by atoms with Crippen molar-refractivity contribution in [1.29, 1.82) is 0 Å². The molecule has 0 N–H and O–H groups in total. The molecule has 4 heterocycles. The molecule has 1 aromatic carbocycles. The molecule has 0 unspecified atom stereocenters. The highest BCUT2D eigenvalue weighted by molar-refractivity contribution is 6.17. The minimum atomic E-state index is 0.275. The van der Waals surface area contributed by atoms with E-state index in [9.17, 15) is 0 Å². The Kier molecular flexibility index (Phi) is 3.18. The number of hydrogen-bond donors (Lipinski definition) is 0. The second-order valence-corrected chi connectivity index (χ2v) is 6.54. The number of rotatable bonds is 3. The summed E-state index contributed by atoms with van der Waals surface area (Å²) in [4.78, 5) is 9.31. The lowest BCUT2D eigenvalue weighted by atomic mass is 10.1. The molecular formula is C18H16N8. The third-order valence-electron chi connectivity index (χ3n) is 4.46. The van der Waals surface area contributed by atoms with Crippen molar-refractivity contribution in [3.8, 4) is 0 Å². The van der Waals surface area contributed by atoms with E-state index in [0.717, 1.165) is 39.4 Å². The average Bonchev–Trinajstić information content (AvgIpc) is 3.38. The van der Waals surface area contributed by atoms with Crippen molar-refractivity contribution < 1.29 is 0 Å². The summed E-state index contributed by atoms with van der Waals surface area (Å²) in [5.74, 6) is 0.724. The number of aromatic nitrogens is 6. The molecule has 128 valence electrons. The summed E-state index contributed by atoms with van der Waals surface area (Å²) in [7, 11) is 0. The zero-order valence-electron chi connectivity index (χ0n) is 14.4. The molecule has 0 amide bonds. The first-order chi connectivity index (χ1) is 12.7. The first-order valence-electron chi connectivity index (χ1n) is 8.46. The maximum atomic E-state index is 4.73. The first kappa shape index (κ1) is 14.9. The third-order valence-corrected chi connectivity index (χ3v) is 4.46. The summed E-state index contributed by atoms with van der Waals surface area (Å²) in [5.41, 5.74) is 5.61. The fourth-order valence-electron chi connectivity index (χ4n) is 3.12. The van der Waals surface area contributed by atoms with Crippen LogP contribution in [0.25, 0.3) is 16.7 Å². The SMILES string of the molecule is CC(C)n1nnc2cc(C3=NC(c4ccc5nncn5c4)=NC3)ccc21. The van der Waals surface area contributed by atoms with Crippen LogP contribution in [0.4, 0.5) is 0 Å². The zero-order chi connectivity index (χ0) is 17.7. The number of nitrogens with zero attached hydrogens (tertiary/aromatic N) is 8. The van der Waals surface area contributed by atoms with Gasteiger partial charge in [0.1, 0.15) is 11.8 Å². The Morgan fingerprint density at radius 1 is 1.04 bits per heavy atom. The number of pyridine rings is 1. The maximum Gasteiger partial charge on any atom is 0.160 e. The van der Waals surface area contributed by atoms with Crippen LogP contribution in [0.1, 0.15) is 31.0 Å². The number of fused-ring (bicyclic) bond motifs is 2. The van der Waals surface area contributed by atoms with Crippen molar-refractivity contribution >= 4 is 28.2 Å². The number of hydrogen-bond acceptors (Lipinski definition) is 6. The van der Waals surface area contributed by atoms with Gasteiger partial charge in [0.05, 0.1) is 17.8 Å². The highest BCUT2D eigenvalue weighted by atomic mass is 15.4. The van der Waals surface area contributed by atoms with Crippen LogP contribution in [0.2, 0.25) is 0 Å². The summed E-state index contributed by atoms with van der Waals surface area (Å²) in [5, 5.41) is 16.4. The molecule has 0 radical (unpaired) electrons. The van der Waals surface area contributed by atoms with Gasteiger partial charge in [-0.25, -0.2) is 9.67 Å². The number of amidine groups is 1. The standard InChI is InChI=1S/C18H16N8/c1-11(2)26-16-5-3-12(7-14(16)22-24-26)15-8-19-18(21-15)13-4-6-17-23-20-10-25(17)9-13/h3-7,9-11H,8H2,1-2H3. The molecule has 8 nitrogen and oxygen atoms in total. The first-order valence-corrected chi connectivity index (χ1v) is 8.46. The van der Waals surface area contributed by atoms with E-state index in [0.29, 0.717) is 6.54 Å². The van der Waals surface area contributed by atoms with Gasteiger partial charge in [0.15, 0.2) is 11.5 Å². The van der Waals surface area contributed by atoms with Crippen molar-refractivity contribution in [2.45, 2.75) is 19.9 Å². The predicted octanol–water partition coefficient (Wildman–Crippen LogP) is 2.30. The van der Waals surface area contributed by atoms with Gasteiger partial charge in [0.25, 0.3) is 0 Å². The molecule has 4 aromatic rings. The summed E-state index contributed by atoms with van der Waals surface area (Å²) >= 11 is 0. The summed E-state index contributed by atoms with van der Waals surface area (Å²) < 4.78 is 3.79. The van der Waals surface area contributed by atoms with Crippen LogP contribution < -0.4 is 0 Å². The molecule has 0 aliphatic carbocycles. The molecular weight excluding hydrogens is 328 g/mol. The quantitative estimate of drug-likeness (QED) is 0.571. The minimum Gasteiger partial charge on any atom is -0.288 e. The fraction of sp³-hybridized carbons (Fsp3) is 0.222. The van der Waals surface area contributed by atoms with Gasteiger partial charge < -0.3 is 0 Å². The highest BCUT2D eigenvalue weighted by Crippen LogP contribution is 2.19. The van der Waals surface area contributed by atoms with Crippen molar-refractivity contribution in [1.82, 2.24) is 29.6 Å². The van der Waals surface area contributed by atoms with Crippen LogP contribution in [-0.4, -0.2) is 47.7 Å². The molecule has 5 rings (SSSR count). The van der Waals surface area contributed by atoms with Gasteiger partial charge in [-0.15, -0.1) is 15.3 Å². The predicted molar refractivity (Wildman–Crippen MR) is 98.8 cm³/mol. The van der Waals surface area contributed by atoms with Gasteiger partial charge in [-0.3, -0.25) is 9.39 Å². The Bertz CT molecular complexity index is 1190. The second-order valence-electron chi connectivity index (χ2n) is 6.54. The van der Waals surface area contributed by atoms with Gasteiger partial charge in [-0.05, 0) is 38.1 Å². The van der Waals surface area contributed by atoms with Crippen LogP contribution in [-0.2, 0) is 0 Å². The van der Waals surface area contributed by atoms with Gasteiger partial charge in [-0.2, -0.15) is 0 Å². The Labute approximate surface area is 148 Å². The normalized spacial score (nSPS) is 14.4. The molecule has 0 saturated heterocycles. The van der Waals surface area contributed by atoms with Gasteiger partial charge in [0.2, 0.25) is 0 Å². The molecule has 8 heteroatoms. The van der Waals surface area contributed by atoms with E-state index < -0.39 is 0 Å². The molecule has 26 heavy (non-hydrogen) atoms. The van der Waals surface area contributed by atoms with Gasteiger partial charge in [0, 0.05) is 23.4 Å². The Balaban J connectivity index is 1.49. The van der Waals surface area contributed by atoms with Crippen molar-refractivity contribution in [3.63, 3.8) is 0 Å². The van der Waals surface area contributed by atoms with E-state index in [1.54, 1.807) is 6.33 Å². The van der Waals surface area contributed by atoms with Crippen molar-refractivity contribution in [2.24, 2.45) is 9.98 Å². The van der Waals surface area contributed by atoms with Crippen molar-refractivity contribution in [2.75, 3.05) is 6.54 Å². The van der Waals surface area contributed by atoms with Crippen LogP contribution in [0.15, 0.2) is 52.8 Å². The smallest absolute Gasteiger partial charge is 0.160 e. The number of benzene rings is 1. The van der Waals surface area contributed by atoms with Crippen LogP contribution in [0.3, 0.4) is 0 Å². The van der Waals surface area contributed by atoms with Gasteiger partial charge >= 0.3 is 0 Å². The maximum absolute atomic E-state index is 4.73. The molecule has 0 fully saturated rings. The Morgan fingerprint density at radius 3 is 2.81 bits per heavy atom. The minimum absolute atomic E-state index is 0.275. The summed E-state index contributed by atoms with van der Waals surface area (Å²) in [6, 6.07) is 10.3. The average molecular weight is 344 g/mol. The third kappa shape index (κ3) is 2.30. The summed E-state index contributed by atoms with van der Waals surface area (Å²) in [6.45, 7) is 4.74. The van der Waals surface area contributed by atoms with E-state index in [4.69, 9.17) is 4.99 Å². The zero-order valence-corrected chi connectivity index (χ0v) is 14.4. The van der Waals surface area contributed by atoms with E-state index in [1.807, 2.05) is 39.5 Å². The monoisotopic (exact) mass is 344 g/mol. The van der Waals surface area contributed by atoms with Crippen LogP contribution >= 0.6 is 0 Å². The Hall–Kier alpha value is -3.42. The Morgan fingerprint density at radius 2 is 1.92 bits per heavy atom. The lowest BCUT2D eigenvalue weighted by Crippen LogP contribution is -2.04. The highest BCUT2D eigenvalue weighted by Gasteiger charge is 2.16. The van der Waals surface area contributed by atoms with Crippen molar-refractivity contribution in [3.05, 3.63) is 54.0 Å². The van der Waals surface area contributed by atoms with E-state index in [2.05, 4.69) is 45.4 Å². The van der Waals surface area contributed by atoms with E-state index in [1.165, 1.54) is 0 Å². The molecule has 3 aromatic heterocycles. The van der Waals surface area contributed by atoms with Gasteiger partial charge in [-0.1, -0.05) is 11.3 Å². The number of aliphatic imine (C=N–C) groups is 2.